The molecule has 0 aliphatic carbocycles. The summed E-state index contributed by atoms with van der Waals surface area (Å²) in [6.07, 6.45) is -3.37. The van der Waals surface area contributed by atoms with Gasteiger partial charge in [0, 0.05) is 32.6 Å². The van der Waals surface area contributed by atoms with Gasteiger partial charge in [-0.25, -0.2) is 0 Å². The fourth-order valence-electron chi connectivity index (χ4n) is 3.56. The summed E-state index contributed by atoms with van der Waals surface area (Å²) < 4.78 is 39.7. The first-order valence-electron chi connectivity index (χ1n) is 8.49. The predicted octanol–water partition coefficient (Wildman–Crippen LogP) is 1.89. The highest BCUT2D eigenvalue weighted by atomic mass is 19.4. The second-order valence-corrected chi connectivity index (χ2v) is 6.82. The highest BCUT2D eigenvalue weighted by Gasteiger charge is 2.64. The molecule has 0 aromatic carbocycles. The summed E-state index contributed by atoms with van der Waals surface area (Å²) in [5.41, 5.74) is -2.89. The van der Waals surface area contributed by atoms with Crippen molar-refractivity contribution in [1.29, 1.82) is 0 Å². The molecule has 6 nitrogen and oxygen atoms in total. The molecule has 0 spiro atoms. The number of likely N-dealkylation sites (tertiary alicyclic amines) is 2. The highest BCUT2D eigenvalue weighted by molar-refractivity contribution is 5.84. The van der Waals surface area contributed by atoms with Crippen LogP contribution in [0.2, 0.25) is 0 Å². The van der Waals surface area contributed by atoms with E-state index in [2.05, 4.69) is 0 Å². The summed E-state index contributed by atoms with van der Waals surface area (Å²) in [6, 6.07) is 0. The Hall–Kier alpha value is -1.80. The van der Waals surface area contributed by atoms with Gasteiger partial charge in [-0.3, -0.25) is 14.4 Å². The minimum absolute atomic E-state index is 0.0587. The summed E-state index contributed by atoms with van der Waals surface area (Å²) in [4.78, 5) is 38.4. The van der Waals surface area contributed by atoms with Crippen LogP contribution in [0.25, 0.3) is 0 Å². The Morgan fingerprint density at radius 1 is 1.20 bits per heavy atom. The number of carbonyl (C=O) groups excluding carboxylic acids is 2. The van der Waals surface area contributed by atoms with Crippen LogP contribution in [0, 0.1) is 11.3 Å². The van der Waals surface area contributed by atoms with Crippen LogP contribution >= 0.6 is 0 Å². The minimum atomic E-state index is -4.91. The predicted molar refractivity (Wildman–Crippen MR) is 81.5 cm³/mol. The monoisotopic (exact) mass is 364 g/mol. The number of carbonyl (C=O) groups is 3. The largest absolute Gasteiger partial charge is 0.481 e. The first kappa shape index (κ1) is 19.5. The smallest absolute Gasteiger partial charge is 0.406 e. The van der Waals surface area contributed by atoms with Crippen LogP contribution in [0.5, 0.6) is 0 Å². The maximum atomic E-state index is 13.2. The van der Waals surface area contributed by atoms with Gasteiger partial charge in [-0.2, -0.15) is 13.2 Å². The van der Waals surface area contributed by atoms with E-state index >= 15 is 0 Å². The number of nitrogens with zero attached hydrogens (tertiary/aromatic N) is 2. The molecule has 2 heterocycles. The van der Waals surface area contributed by atoms with Crippen molar-refractivity contribution in [3.63, 3.8) is 0 Å². The number of aliphatic carboxylic acids is 1. The molecule has 0 bridgehead atoms. The Bertz CT molecular complexity index is 552. The third-order valence-electron chi connectivity index (χ3n) is 5.12. The van der Waals surface area contributed by atoms with E-state index in [1.165, 1.54) is 0 Å². The zero-order valence-electron chi connectivity index (χ0n) is 14.1. The van der Waals surface area contributed by atoms with Gasteiger partial charge in [0.15, 0.2) is 5.41 Å². The molecule has 1 N–H and O–H groups in total. The fourth-order valence-corrected chi connectivity index (χ4v) is 3.56. The summed E-state index contributed by atoms with van der Waals surface area (Å²) in [5, 5.41) is 9.07. The van der Waals surface area contributed by atoms with Gasteiger partial charge in [0.05, 0.1) is 5.92 Å². The molecule has 2 aliphatic heterocycles. The van der Waals surface area contributed by atoms with Gasteiger partial charge >= 0.3 is 12.1 Å². The average molecular weight is 364 g/mol. The molecule has 2 atom stereocenters. The molecule has 2 fully saturated rings. The summed E-state index contributed by atoms with van der Waals surface area (Å²) in [7, 11) is 0. The third-order valence-corrected chi connectivity index (χ3v) is 5.12. The molecule has 142 valence electrons. The Morgan fingerprint density at radius 2 is 1.88 bits per heavy atom. The van der Waals surface area contributed by atoms with Crippen LogP contribution in [0.1, 0.15) is 39.0 Å². The SMILES string of the molecule is CCCC(=O)N1CCCC(C(=O)N2CCC(C(=O)O)(C(F)(F)F)C2)C1. The lowest BCUT2D eigenvalue weighted by molar-refractivity contribution is -0.227. The van der Waals surface area contributed by atoms with Crippen molar-refractivity contribution < 1.29 is 32.7 Å². The molecule has 0 aromatic heterocycles. The molecule has 0 radical (unpaired) electrons. The number of halogens is 3. The van der Waals surface area contributed by atoms with Gasteiger partial charge < -0.3 is 14.9 Å². The van der Waals surface area contributed by atoms with Crippen LogP contribution in [0.15, 0.2) is 0 Å². The van der Waals surface area contributed by atoms with Crippen molar-refractivity contribution in [3.8, 4) is 0 Å². The maximum absolute atomic E-state index is 13.2. The second-order valence-electron chi connectivity index (χ2n) is 6.82. The molecule has 2 unspecified atom stereocenters. The molecule has 25 heavy (non-hydrogen) atoms. The van der Waals surface area contributed by atoms with Crippen molar-refractivity contribution in [1.82, 2.24) is 9.80 Å². The van der Waals surface area contributed by atoms with E-state index in [1.807, 2.05) is 6.92 Å². The maximum Gasteiger partial charge on any atom is 0.406 e. The number of rotatable bonds is 4. The lowest BCUT2D eigenvalue weighted by atomic mass is 9.86. The Morgan fingerprint density at radius 3 is 2.40 bits per heavy atom. The lowest BCUT2D eigenvalue weighted by Gasteiger charge is -2.34. The number of amides is 2. The zero-order chi connectivity index (χ0) is 18.8. The first-order chi connectivity index (χ1) is 11.6. The minimum Gasteiger partial charge on any atom is -0.481 e. The van der Waals surface area contributed by atoms with Gasteiger partial charge in [-0.05, 0) is 25.7 Å². The van der Waals surface area contributed by atoms with E-state index in [-0.39, 0.29) is 19.0 Å². The van der Waals surface area contributed by atoms with Gasteiger partial charge in [0.25, 0.3) is 0 Å². The number of carboxylic acids is 1. The van der Waals surface area contributed by atoms with Gasteiger partial charge in [-0.1, -0.05) is 6.92 Å². The number of alkyl halides is 3. The van der Waals surface area contributed by atoms with Gasteiger partial charge in [0.2, 0.25) is 11.8 Å². The van der Waals surface area contributed by atoms with Crippen LogP contribution in [0.4, 0.5) is 13.2 Å². The second kappa shape index (κ2) is 7.21. The molecule has 2 amide bonds. The van der Waals surface area contributed by atoms with Gasteiger partial charge in [-0.15, -0.1) is 0 Å². The van der Waals surface area contributed by atoms with E-state index < -0.39 is 42.4 Å². The topological polar surface area (TPSA) is 77.9 Å². The standard InChI is InChI=1S/C16H23F3N2O4/c1-2-4-12(22)20-7-3-5-11(9-20)13(23)21-8-6-15(10-21,14(24)25)16(17,18)19/h11H,2-10H2,1H3,(H,24,25). The van der Waals surface area contributed by atoms with Crippen molar-refractivity contribution in [2.45, 2.75) is 45.2 Å². The van der Waals surface area contributed by atoms with Crippen molar-refractivity contribution in [2.75, 3.05) is 26.2 Å². The molecule has 2 saturated heterocycles. The third kappa shape index (κ3) is 3.74. The van der Waals surface area contributed by atoms with E-state index in [0.29, 0.717) is 32.2 Å². The Kier molecular flexibility index (Phi) is 5.63. The molecule has 2 rings (SSSR count). The number of carboxylic acid groups (broad SMARTS) is 1. The fraction of sp³-hybridized carbons (Fsp3) is 0.812. The van der Waals surface area contributed by atoms with Crippen LogP contribution in [-0.4, -0.2) is 65.0 Å². The normalized spacial score (nSPS) is 27.4. The number of piperidine rings is 1. The molecule has 0 saturated carbocycles. The molecule has 9 heteroatoms. The van der Waals surface area contributed by atoms with E-state index in [0.717, 1.165) is 4.90 Å². The number of hydrogen-bond acceptors (Lipinski definition) is 3. The van der Waals surface area contributed by atoms with Crippen LogP contribution in [0.3, 0.4) is 0 Å². The quantitative estimate of drug-likeness (QED) is 0.826. The first-order valence-corrected chi connectivity index (χ1v) is 8.49. The molecule has 2 aliphatic rings. The van der Waals surface area contributed by atoms with Crippen LogP contribution in [-0.2, 0) is 14.4 Å². The number of hydrogen-bond donors (Lipinski definition) is 1. The zero-order valence-corrected chi connectivity index (χ0v) is 14.1. The van der Waals surface area contributed by atoms with E-state index in [1.54, 1.807) is 4.90 Å². The summed E-state index contributed by atoms with van der Waals surface area (Å²) >= 11 is 0. The average Bonchev–Trinajstić information content (AvgIpc) is 3.01. The van der Waals surface area contributed by atoms with Crippen molar-refractivity contribution >= 4 is 17.8 Å². The van der Waals surface area contributed by atoms with E-state index in [4.69, 9.17) is 5.11 Å². The highest BCUT2D eigenvalue weighted by Crippen LogP contribution is 2.46. The van der Waals surface area contributed by atoms with Gasteiger partial charge in [0.1, 0.15) is 0 Å². The molecular weight excluding hydrogens is 341 g/mol. The van der Waals surface area contributed by atoms with Crippen LogP contribution < -0.4 is 0 Å². The Labute approximate surface area is 143 Å². The molecule has 0 aromatic rings. The summed E-state index contributed by atoms with van der Waals surface area (Å²) in [5.74, 6) is -3.05. The van der Waals surface area contributed by atoms with E-state index in [9.17, 15) is 27.6 Å². The van der Waals surface area contributed by atoms with Crippen molar-refractivity contribution in [2.24, 2.45) is 11.3 Å². The molecular formula is C16H23F3N2O4. The van der Waals surface area contributed by atoms with Crippen molar-refractivity contribution in [3.05, 3.63) is 0 Å². The summed E-state index contributed by atoms with van der Waals surface area (Å²) in [6.45, 7) is 1.52. The Balaban J connectivity index is 2.06. The lowest BCUT2D eigenvalue weighted by Crippen LogP contribution is -2.50.